The van der Waals surface area contributed by atoms with Crippen molar-refractivity contribution in [2.24, 2.45) is 0 Å². The van der Waals surface area contributed by atoms with Gasteiger partial charge in [0.15, 0.2) is 0 Å². The number of nitrogens with zero attached hydrogens (tertiary/aromatic N) is 1. The summed E-state index contributed by atoms with van der Waals surface area (Å²) in [6.45, 7) is 7.66. The highest BCUT2D eigenvalue weighted by molar-refractivity contribution is 6.30. The zero-order valence-corrected chi connectivity index (χ0v) is 20.3. The molecule has 0 aliphatic carbocycles. The number of para-hydroxylation sites is 2. The van der Waals surface area contributed by atoms with Crippen LogP contribution >= 0.6 is 11.6 Å². The molecule has 0 unspecified atom stereocenters. The second kappa shape index (κ2) is 9.23. The lowest BCUT2D eigenvalue weighted by Crippen LogP contribution is -2.47. The molecule has 0 saturated carbocycles. The summed E-state index contributed by atoms with van der Waals surface area (Å²) in [6, 6.07) is 22.1. The molecule has 1 heterocycles. The number of nitrogens with one attached hydrogen (secondary N) is 3. The SMILES string of the molecule is CC(=O)N(NC(=O)Nc1ccccc1C(C)(C)C)c1c(-c2ccc(Cl)cc2)[nH]c2ccccc12. The third-order valence-corrected chi connectivity index (χ3v) is 5.80. The Kier molecular flexibility index (Phi) is 6.35. The van der Waals surface area contributed by atoms with Gasteiger partial charge in [0.1, 0.15) is 0 Å². The normalized spacial score (nSPS) is 11.3. The van der Waals surface area contributed by atoms with Crippen LogP contribution in [-0.4, -0.2) is 16.9 Å². The third-order valence-electron chi connectivity index (χ3n) is 5.55. The average molecular weight is 475 g/mol. The van der Waals surface area contributed by atoms with E-state index < -0.39 is 6.03 Å². The molecule has 0 bridgehead atoms. The fourth-order valence-corrected chi connectivity index (χ4v) is 4.10. The van der Waals surface area contributed by atoms with Crippen molar-refractivity contribution in [1.29, 1.82) is 0 Å². The number of anilines is 2. The number of fused-ring (bicyclic) bond motifs is 1. The summed E-state index contributed by atoms with van der Waals surface area (Å²) < 4.78 is 0. The fourth-order valence-electron chi connectivity index (χ4n) is 3.97. The molecule has 7 heteroatoms. The van der Waals surface area contributed by atoms with E-state index in [9.17, 15) is 9.59 Å². The number of aromatic amines is 1. The number of halogens is 1. The van der Waals surface area contributed by atoms with Crippen LogP contribution < -0.4 is 15.8 Å². The van der Waals surface area contributed by atoms with Crippen molar-refractivity contribution in [1.82, 2.24) is 10.4 Å². The molecule has 3 amide bonds. The first kappa shape index (κ1) is 23.4. The van der Waals surface area contributed by atoms with Crippen molar-refractivity contribution in [3.63, 3.8) is 0 Å². The Bertz CT molecular complexity index is 1350. The highest BCUT2D eigenvalue weighted by Crippen LogP contribution is 2.37. The number of hydrogen-bond donors (Lipinski definition) is 3. The summed E-state index contributed by atoms with van der Waals surface area (Å²) in [5, 5.41) is 5.60. The number of hydrogen-bond acceptors (Lipinski definition) is 2. The summed E-state index contributed by atoms with van der Waals surface area (Å²) in [5.74, 6) is -0.334. The second-order valence-electron chi connectivity index (χ2n) is 9.12. The van der Waals surface area contributed by atoms with Crippen molar-refractivity contribution < 1.29 is 9.59 Å². The number of H-pyrrole nitrogens is 1. The number of aromatic nitrogens is 1. The number of rotatable bonds is 3. The van der Waals surface area contributed by atoms with E-state index in [-0.39, 0.29) is 11.3 Å². The van der Waals surface area contributed by atoms with Gasteiger partial charge in [-0.15, -0.1) is 0 Å². The van der Waals surface area contributed by atoms with E-state index >= 15 is 0 Å². The molecule has 3 N–H and O–H groups in total. The van der Waals surface area contributed by atoms with Crippen LogP contribution in [0.25, 0.3) is 22.2 Å². The number of amides is 3. The molecule has 0 radical (unpaired) electrons. The summed E-state index contributed by atoms with van der Waals surface area (Å²) in [6.07, 6.45) is 0. The maximum Gasteiger partial charge on any atom is 0.338 e. The summed E-state index contributed by atoms with van der Waals surface area (Å²) in [5.41, 5.74) is 7.20. The van der Waals surface area contributed by atoms with Gasteiger partial charge in [-0.3, -0.25) is 4.79 Å². The molecule has 174 valence electrons. The predicted octanol–water partition coefficient (Wildman–Crippen LogP) is 6.88. The molecule has 0 spiro atoms. The Balaban J connectivity index is 1.73. The lowest BCUT2D eigenvalue weighted by atomic mass is 9.86. The Morgan fingerprint density at radius 1 is 0.912 bits per heavy atom. The summed E-state index contributed by atoms with van der Waals surface area (Å²) >= 11 is 6.08. The molecule has 4 aromatic rings. The fraction of sp³-hybridized carbons (Fsp3) is 0.185. The van der Waals surface area contributed by atoms with Crippen LogP contribution in [0.3, 0.4) is 0 Å². The molecule has 0 saturated heterocycles. The molecule has 6 nitrogen and oxygen atoms in total. The van der Waals surface area contributed by atoms with Crippen molar-refractivity contribution >= 4 is 45.8 Å². The van der Waals surface area contributed by atoms with Gasteiger partial charge >= 0.3 is 6.03 Å². The molecular weight excluding hydrogens is 448 g/mol. The maximum absolute atomic E-state index is 13.1. The third kappa shape index (κ3) is 4.77. The van der Waals surface area contributed by atoms with Gasteiger partial charge in [0.2, 0.25) is 5.91 Å². The zero-order valence-electron chi connectivity index (χ0n) is 19.6. The second-order valence-corrected chi connectivity index (χ2v) is 9.55. The molecule has 1 aromatic heterocycles. The lowest BCUT2D eigenvalue weighted by Gasteiger charge is -2.25. The number of carbonyl (C=O) groups excluding carboxylic acids is 2. The van der Waals surface area contributed by atoms with Crippen molar-refractivity contribution in [3.8, 4) is 11.3 Å². The van der Waals surface area contributed by atoms with Gasteiger partial charge in [-0.25, -0.2) is 15.2 Å². The molecule has 0 fully saturated rings. The van der Waals surface area contributed by atoms with Crippen LogP contribution in [0, 0.1) is 0 Å². The highest BCUT2D eigenvalue weighted by Gasteiger charge is 2.25. The number of hydrazine groups is 1. The minimum atomic E-state index is -0.515. The minimum Gasteiger partial charge on any atom is -0.353 e. The summed E-state index contributed by atoms with van der Waals surface area (Å²) in [4.78, 5) is 29.3. The van der Waals surface area contributed by atoms with Crippen LogP contribution in [0.2, 0.25) is 5.02 Å². The van der Waals surface area contributed by atoms with Gasteiger partial charge in [0, 0.05) is 34.1 Å². The number of carbonyl (C=O) groups is 2. The standard InChI is InChI=1S/C27H27ClN4O2/c1-17(33)32(31-26(34)30-23-12-8-6-10-21(23)27(2,3)4)25-20-9-5-7-11-22(20)29-24(25)18-13-15-19(28)16-14-18/h5-16,29H,1-4H3,(H2,30,31,34). The molecule has 0 aliphatic heterocycles. The van der Waals surface area contributed by atoms with E-state index in [2.05, 4.69) is 36.5 Å². The first-order chi connectivity index (χ1) is 16.1. The van der Waals surface area contributed by atoms with Crippen molar-refractivity contribution in [2.45, 2.75) is 33.1 Å². The van der Waals surface area contributed by atoms with Crippen LogP contribution in [0.1, 0.15) is 33.3 Å². The first-order valence-electron chi connectivity index (χ1n) is 11.0. The lowest BCUT2D eigenvalue weighted by molar-refractivity contribution is -0.117. The monoisotopic (exact) mass is 474 g/mol. The van der Waals surface area contributed by atoms with Crippen LogP contribution in [0.4, 0.5) is 16.2 Å². The van der Waals surface area contributed by atoms with Gasteiger partial charge in [-0.2, -0.15) is 0 Å². The summed E-state index contributed by atoms with van der Waals surface area (Å²) in [7, 11) is 0. The van der Waals surface area contributed by atoms with Crippen LogP contribution in [-0.2, 0) is 10.2 Å². The van der Waals surface area contributed by atoms with Crippen LogP contribution in [0.15, 0.2) is 72.8 Å². The Morgan fingerprint density at radius 2 is 1.56 bits per heavy atom. The highest BCUT2D eigenvalue weighted by atomic mass is 35.5. The van der Waals surface area contributed by atoms with Gasteiger partial charge in [-0.1, -0.05) is 80.9 Å². The Labute approximate surface area is 203 Å². The molecule has 4 rings (SSSR count). The van der Waals surface area contributed by atoms with Gasteiger partial charge in [0.05, 0.1) is 11.4 Å². The van der Waals surface area contributed by atoms with E-state index in [1.807, 2.05) is 60.7 Å². The molecule has 0 aliphatic rings. The van der Waals surface area contributed by atoms with Crippen molar-refractivity contribution in [2.75, 3.05) is 10.3 Å². The predicted molar refractivity (Wildman–Crippen MR) is 139 cm³/mol. The van der Waals surface area contributed by atoms with E-state index in [1.165, 1.54) is 11.9 Å². The van der Waals surface area contributed by atoms with E-state index in [1.54, 1.807) is 12.1 Å². The van der Waals surface area contributed by atoms with E-state index in [4.69, 9.17) is 11.6 Å². The van der Waals surface area contributed by atoms with Gasteiger partial charge in [-0.05, 0) is 35.2 Å². The quantitative estimate of drug-likeness (QED) is 0.283. The zero-order chi connectivity index (χ0) is 24.5. The van der Waals surface area contributed by atoms with E-state index in [0.717, 1.165) is 22.0 Å². The van der Waals surface area contributed by atoms with Crippen molar-refractivity contribution in [3.05, 3.63) is 83.4 Å². The van der Waals surface area contributed by atoms with Gasteiger partial charge < -0.3 is 10.3 Å². The van der Waals surface area contributed by atoms with Crippen LogP contribution in [0.5, 0.6) is 0 Å². The molecule has 34 heavy (non-hydrogen) atoms. The number of benzene rings is 3. The minimum absolute atomic E-state index is 0.164. The Morgan fingerprint density at radius 3 is 2.24 bits per heavy atom. The Hall–Kier alpha value is -3.77. The average Bonchev–Trinajstić information content (AvgIpc) is 3.16. The van der Waals surface area contributed by atoms with Gasteiger partial charge in [0.25, 0.3) is 0 Å². The largest absolute Gasteiger partial charge is 0.353 e. The topological polar surface area (TPSA) is 77.2 Å². The smallest absolute Gasteiger partial charge is 0.338 e. The molecule has 3 aromatic carbocycles. The maximum atomic E-state index is 13.1. The van der Waals surface area contributed by atoms with E-state index in [0.29, 0.717) is 22.1 Å². The first-order valence-corrected chi connectivity index (χ1v) is 11.4. The number of urea groups is 1. The molecular formula is C27H27ClN4O2. The molecule has 0 atom stereocenters.